The molecule has 2 N–H and O–H groups in total. The first-order valence-electron chi connectivity index (χ1n) is 4.73. The van der Waals surface area contributed by atoms with Crippen molar-refractivity contribution in [2.45, 2.75) is 13.0 Å². The molecule has 15 heavy (non-hydrogen) atoms. The monoisotopic (exact) mass is 281 g/mol. The zero-order chi connectivity index (χ0) is 10.8. The first-order valence-corrected chi connectivity index (χ1v) is 6.41. The second kappa shape index (κ2) is 4.47. The molecule has 0 amide bonds. The van der Waals surface area contributed by atoms with Gasteiger partial charge in [0.05, 0.1) is 6.04 Å². The Bertz CT molecular complexity index is 451. The third-order valence-corrected chi connectivity index (χ3v) is 4.21. The molecule has 1 atom stereocenters. The molecule has 0 fully saturated rings. The minimum absolute atomic E-state index is 0.0121. The molecule has 0 spiro atoms. The largest absolute Gasteiger partial charge is 0.320 e. The Hall–Kier alpha value is -0.640. The number of rotatable bonds is 2. The smallest absolute Gasteiger partial charge is 0.0646 e. The maximum absolute atomic E-state index is 6.17. The molecule has 0 bridgehead atoms. The lowest BCUT2D eigenvalue weighted by Gasteiger charge is -2.11. The van der Waals surface area contributed by atoms with Crippen molar-refractivity contribution in [3.05, 3.63) is 56.2 Å². The molecule has 1 nitrogen and oxygen atoms in total. The van der Waals surface area contributed by atoms with Gasteiger partial charge in [-0.3, -0.25) is 0 Å². The second-order valence-corrected chi connectivity index (χ2v) is 5.34. The molecule has 1 aromatic heterocycles. The van der Waals surface area contributed by atoms with Crippen LogP contribution in [0.15, 0.2) is 40.2 Å². The van der Waals surface area contributed by atoms with Crippen LogP contribution in [-0.4, -0.2) is 0 Å². The fraction of sp³-hybridized carbons (Fsp3) is 0.167. The van der Waals surface area contributed by atoms with Crippen LogP contribution in [0.25, 0.3) is 0 Å². The van der Waals surface area contributed by atoms with Gasteiger partial charge in [-0.2, -0.15) is 0 Å². The predicted octanol–water partition coefficient (Wildman–Crippen LogP) is 3.87. The van der Waals surface area contributed by atoms with Gasteiger partial charge in [0.25, 0.3) is 0 Å². The number of aryl methyl sites for hydroxylation is 1. The van der Waals surface area contributed by atoms with E-state index < -0.39 is 0 Å². The summed E-state index contributed by atoms with van der Waals surface area (Å²) in [6.45, 7) is 2.07. The molecule has 78 valence electrons. The Balaban J connectivity index is 2.34. The van der Waals surface area contributed by atoms with Crippen molar-refractivity contribution in [1.82, 2.24) is 0 Å². The van der Waals surface area contributed by atoms with Gasteiger partial charge in [0.2, 0.25) is 0 Å². The quantitative estimate of drug-likeness (QED) is 0.889. The van der Waals surface area contributed by atoms with Gasteiger partial charge in [0.1, 0.15) is 0 Å². The summed E-state index contributed by atoms with van der Waals surface area (Å²) in [5, 5.41) is 2.05. The lowest BCUT2D eigenvalue weighted by molar-refractivity contribution is 0.891. The average Bonchev–Trinajstić information content (AvgIpc) is 2.74. The standard InChI is InChI=1S/C12H12BrNS/c1-8-4-5-9(7-10(8)13)12(14)11-3-2-6-15-11/h2-7,12H,14H2,1H3/t12-/m0/s1. The molecule has 0 aliphatic carbocycles. The predicted molar refractivity (Wildman–Crippen MR) is 69.2 cm³/mol. The van der Waals surface area contributed by atoms with Crippen molar-refractivity contribution in [3.8, 4) is 0 Å². The zero-order valence-electron chi connectivity index (χ0n) is 8.41. The topological polar surface area (TPSA) is 26.0 Å². The van der Waals surface area contributed by atoms with Crippen molar-refractivity contribution in [1.29, 1.82) is 0 Å². The third kappa shape index (κ3) is 2.30. The third-order valence-electron chi connectivity index (χ3n) is 2.40. The van der Waals surface area contributed by atoms with E-state index in [0.29, 0.717) is 0 Å². The minimum Gasteiger partial charge on any atom is -0.320 e. The summed E-state index contributed by atoms with van der Waals surface area (Å²) in [4.78, 5) is 1.20. The Morgan fingerprint density at radius 3 is 2.73 bits per heavy atom. The molecular weight excluding hydrogens is 270 g/mol. The number of hydrogen-bond donors (Lipinski definition) is 1. The van der Waals surface area contributed by atoms with E-state index in [4.69, 9.17) is 5.73 Å². The highest BCUT2D eigenvalue weighted by molar-refractivity contribution is 9.10. The van der Waals surface area contributed by atoms with Gasteiger partial charge >= 0.3 is 0 Å². The summed E-state index contributed by atoms with van der Waals surface area (Å²) in [6, 6.07) is 10.4. The van der Waals surface area contributed by atoms with Gasteiger partial charge < -0.3 is 5.73 Å². The van der Waals surface area contributed by atoms with Crippen LogP contribution in [0.4, 0.5) is 0 Å². The molecule has 0 aliphatic heterocycles. The molecule has 1 aromatic carbocycles. The number of hydrogen-bond acceptors (Lipinski definition) is 2. The van der Waals surface area contributed by atoms with Crippen LogP contribution in [0, 0.1) is 6.92 Å². The molecule has 2 rings (SSSR count). The highest BCUT2D eigenvalue weighted by Crippen LogP contribution is 2.27. The molecule has 2 aromatic rings. The van der Waals surface area contributed by atoms with Crippen LogP contribution in [0.3, 0.4) is 0 Å². The van der Waals surface area contributed by atoms with Gasteiger partial charge in [-0.25, -0.2) is 0 Å². The van der Waals surface area contributed by atoms with E-state index in [1.807, 2.05) is 6.07 Å². The fourth-order valence-corrected chi connectivity index (χ4v) is 2.59. The van der Waals surface area contributed by atoms with E-state index in [-0.39, 0.29) is 6.04 Å². The highest BCUT2D eigenvalue weighted by Gasteiger charge is 2.10. The summed E-state index contributed by atoms with van der Waals surface area (Å²) in [5.41, 5.74) is 8.55. The van der Waals surface area contributed by atoms with E-state index in [1.54, 1.807) is 11.3 Å². The fourth-order valence-electron chi connectivity index (χ4n) is 1.44. The lowest BCUT2D eigenvalue weighted by atomic mass is 10.0. The summed E-state index contributed by atoms with van der Waals surface area (Å²) in [6.07, 6.45) is 0. The molecule has 0 saturated carbocycles. The van der Waals surface area contributed by atoms with E-state index >= 15 is 0 Å². The van der Waals surface area contributed by atoms with Gasteiger partial charge in [-0.05, 0) is 35.6 Å². The Morgan fingerprint density at radius 2 is 2.13 bits per heavy atom. The summed E-state index contributed by atoms with van der Waals surface area (Å²) >= 11 is 5.22. The number of benzene rings is 1. The Morgan fingerprint density at radius 1 is 1.33 bits per heavy atom. The molecule has 0 radical (unpaired) electrons. The number of halogens is 1. The summed E-state index contributed by atoms with van der Waals surface area (Å²) in [7, 11) is 0. The van der Waals surface area contributed by atoms with E-state index in [1.165, 1.54) is 10.4 Å². The van der Waals surface area contributed by atoms with Gasteiger partial charge in [-0.15, -0.1) is 11.3 Å². The van der Waals surface area contributed by atoms with E-state index in [2.05, 4.69) is 52.5 Å². The van der Waals surface area contributed by atoms with Crippen molar-refractivity contribution in [2.75, 3.05) is 0 Å². The maximum Gasteiger partial charge on any atom is 0.0646 e. The van der Waals surface area contributed by atoms with Gasteiger partial charge in [0, 0.05) is 9.35 Å². The molecule has 0 unspecified atom stereocenters. The van der Waals surface area contributed by atoms with Crippen LogP contribution < -0.4 is 5.73 Å². The highest BCUT2D eigenvalue weighted by atomic mass is 79.9. The van der Waals surface area contributed by atoms with Crippen molar-refractivity contribution >= 4 is 27.3 Å². The van der Waals surface area contributed by atoms with Crippen LogP contribution in [0.2, 0.25) is 0 Å². The molecule has 0 saturated heterocycles. The number of nitrogens with two attached hydrogens (primary N) is 1. The van der Waals surface area contributed by atoms with Crippen LogP contribution in [0.1, 0.15) is 22.0 Å². The minimum atomic E-state index is -0.0121. The van der Waals surface area contributed by atoms with Crippen molar-refractivity contribution in [2.24, 2.45) is 5.73 Å². The molecule has 0 aliphatic rings. The van der Waals surface area contributed by atoms with Crippen LogP contribution >= 0.6 is 27.3 Å². The van der Waals surface area contributed by atoms with Crippen molar-refractivity contribution in [3.63, 3.8) is 0 Å². The van der Waals surface area contributed by atoms with E-state index in [9.17, 15) is 0 Å². The second-order valence-electron chi connectivity index (χ2n) is 3.50. The molecule has 3 heteroatoms. The normalized spacial score (nSPS) is 12.7. The first kappa shape index (κ1) is 10.9. The SMILES string of the molecule is Cc1ccc([C@H](N)c2cccs2)cc1Br. The summed E-state index contributed by atoms with van der Waals surface area (Å²) < 4.78 is 1.12. The first-order chi connectivity index (χ1) is 7.18. The Kier molecular flexibility index (Phi) is 3.24. The Labute approximate surface area is 102 Å². The molecular formula is C12H12BrNS. The van der Waals surface area contributed by atoms with Gasteiger partial charge in [-0.1, -0.05) is 34.1 Å². The van der Waals surface area contributed by atoms with Gasteiger partial charge in [0.15, 0.2) is 0 Å². The van der Waals surface area contributed by atoms with Crippen LogP contribution in [-0.2, 0) is 0 Å². The van der Waals surface area contributed by atoms with E-state index in [0.717, 1.165) is 10.0 Å². The van der Waals surface area contributed by atoms with Crippen LogP contribution in [0.5, 0.6) is 0 Å². The maximum atomic E-state index is 6.17. The number of thiophene rings is 1. The zero-order valence-corrected chi connectivity index (χ0v) is 10.8. The summed E-state index contributed by atoms with van der Waals surface area (Å²) in [5.74, 6) is 0. The lowest BCUT2D eigenvalue weighted by Crippen LogP contribution is -2.10. The molecule has 1 heterocycles. The van der Waals surface area contributed by atoms with Crippen molar-refractivity contribution < 1.29 is 0 Å². The average molecular weight is 282 g/mol.